The van der Waals surface area contributed by atoms with Gasteiger partial charge in [0.2, 0.25) is 5.91 Å². The lowest BCUT2D eigenvalue weighted by Crippen LogP contribution is -2.37. The van der Waals surface area contributed by atoms with E-state index in [0.29, 0.717) is 25.3 Å². The molecule has 1 aromatic rings. The van der Waals surface area contributed by atoms with Gasteiger partial charge in [0.15, 0.2) is 0 Å². The van der Waals surface area contributed by atoms with Crippen molar-refractivity contribution in [3.63, 3.8) is 0 Å². The van der Waals surface area contributed by atoms with Crippen LogP contribution in [0.25, 0.3) is 0 Å². The molecule has 0 aliphatic heterocycles. The molecule has 20 heavy (non-hydrogen) atoms. The van der Waals surface area contributed by atoms with Crippen molar-refractivity contribution in [3.05, 3.63) is 35.9 Å². The predicted octanol–water partition coefficient (Wildman–Crippen LogP) is 2.33. The number of amides is 1. The number of benzene rings is 1. The van der Waals surface area contributed by atoms with Crippen LogP contribution in [0.3, 0.4) is 0 Å². The average molecular weight is 275 g/mol. The van der Waals surface area contributed by atoms with E-state index in [0.717, 1.165) is 12.0 Å². The molecule has 4 nitrogen and oxygen atoms in total. The van der Waals surface area contributed by atoms with E-state index in [-0.39, 0.29) is 12.5 Å². The van der Waals surface area contributed by atoms with Crippen LogP contribution in [0.4, 0.5) is 0 Å². The van der Waals surface area contributed by atoms with E-state index < -0.39 is 5.97 Å². The fourth-order valence-electron chi connectivity index (χ4n) is 2.26. The molecule has 1 fully saturated rings. The van der Waals surface area contributed by atoms with E-state index in [2.05, 4.69) is 0 Å². The van der Waals surface area contributed by atoms with E-state index in [1.165, 1.54) is 17.7 Å². The Morgan fingerprint density at radius 2 is 1.90 bits per heavy atom. The van der Waals surface area contributed by atoms with Crippen molar-refractivity contribution < 1.29 is 14.7 Å². The van der Waals surface area contributed by atoms with Gasteiger partial charge in [0.1, 0.15) is 6.54 Å². The Morgan fingerprint density at radius 3 is 2.50 bits per heavy atom. The van der Waals surface area contributed by atoms with Crippen LogP contribution in [0, 0.1) is 5.92 Å². The number of aliphatic carboxylic acids is 1. The maximum atomic E-state index is 12.1. The standard InChI is InChI=1S/C16H21NO3/c18-15(9-8-14-6-7-14)17(12-16(19)20)11-10-13-4-2-1-3-5-13/h1-5,14H,6-12H2,(H,19,20). The second-order valence-corrected chi connectivity index (χ2v) is 5.43. The van der Waals surface area contributed by atoms with Gasteiger partial charge in [-0.25, -0.2) is 0 Å². The lowest BCUT2D eigenvalue weighted by Gasteiger charge is -2.20. The first-order valence-corrected chi connectivity index (χ1v) is 7.18. The molecule has 1 N–H and O–H groups in total. The average Bonchev–Trinajstić information content (AvgIpc) is 3.25. The number of hydrogen-bond donors (Lipinski definition) is 1. The molecule has 0 spiro atoms. The van der Waals surface area contributed by atoms with Crippen molar-refractivity contribution >= 4 is 11.9 Å². The minimum atomic E-state index is -0.946. The summed E-state index contributed by atoms with van der Waals surface area (Å²) in [6, 6.07) is 9.83. The van der Waals surface area contributed by atoms with Gasteiger partial charge in [-0.05, 0) is 24.3 Å². The molecule has 0 bridgehead atoms. The second kappa shape index (κ2) is 7.08. The summed E-state index contributed by atoms with van der Waals surface area (Å²) in [7, 11) is 0. The summed E-state index contributed by atoms with van der Waals surface area (Å²) in [4.78, 5) is 24.4. The van der Waals surface area contributed by atoms with E-state index >= 15 is 0 Å². The summed E-state index contributed by atoms with van der Waals surface area (Å²) < 4.78 is 0. The highest BCUT2D eigenvalue weighted by atomic mass is 16.4. The summed E-state index contributed by atoms with van der Waals surface area (Å²) in [5.74, 6) is -0.284. The fourth-order valence-corrected chi connectivity index (χ4v) is 2.26. The molecule has 1 saturated carbocycles. The lowest BCUT2D eigenvalue weighted by atomic mass is 10.1. The van der Waals surface area contributed by atoms with E-state index in [4.69, 9.17) is 5.11 Å². The number of carboxylic acid groups (broad SMARTS) is 1. The maximum absolute atomic E-state index is 12.1. The van der Waals surface area contributed by atoms with Gasteiger partial charge in [-0.2, -0.15) is 0 Å². The highest BCUT2D eigenvalue weighted by molar-refractivity contribution is 5.81. The molecule has 0 aromatic heterocycles. The summed E-state index contributed by atoms with van der Waals surface area (Å²) in [6.07, 6.45) is 4.52. The van der Waals surface area contributed by atoms with Gasteiger partial charge in [-0.3, -0.25) is 9.59 Å². The molecule has 2 rings (SSSR count). The number of carbonyl (C=O) groups excluding carboxylic acids is 1. The van der Waals surface area contributed by atoms with E-state index in [1.54, 1.807) is 0 Å². The number of rotatable bonds is 8. The van der Waals surface area contributed by atoms with Crippen molar-refractivity contribution in [3.8, 4) is 0 Å². The number of nitrogens with zero attached hydrogens (tertiary/aromatic N) is 1. The first kappa shape index (κ1) is 14.6. The molecule has 0 radical (unpaired) electrons. The Balaban J connectivity index is 1.84. The Morgan fingerprint density at radius 1 is 1.20 bits per heavy atom. The lowest BCUT2D eigenvalue weighted by molar-refractivity contribution is -0.144. The van der Waals surface area contributed by atoms with Crippen LogP contribution in [0.1, 0.15) is 31.2 Å². The molecule has 1 amide bonds. The van der Waals surface area contributed by atoms with Gasteiger partial charge in [-0.15, -0.1) is 0 Å². The molecule has 0 saturated heterocycles. The quantitative estimate of drug-likeness (QED) is 0.792. The van der Waals surface area contributed by atoms with Crippen LogP contribution in [0.15, 0.2) is 30.3 Å². The van der Waals surface area contributed by atoms with Crippen LogP contribution in [0.5, 0.6) is 0 Å². The summed E-state index contributed by atoms with van der Waals surface area (Å²) >= 11 is 0. The highest BCUT2D eigenvalue weighted by Gasteiger charge is 2.24. The van der Waals surface area contributed by atoms with Gasteiger partial charge in [0.25, 0.3) is 0 Å². The molecule has 0 unspecified atom stereocenters. The first-order valence-electron chi connectivity index (χ1n) is 7.18. The van der Waals surface area contributed by atoms with Crippen molar-refractivity contribution in [2.75, 3.05) is 13.1 Å². The van der Waals surface area contributed by atoms with Crippen molar-refractivity contribution in [1.29, 1.82) is 0 Å². The molecule has 1 aromatic carbocycles. The smallest absolute Gasteiger partial charge is 0.323 e. The molecule has 108 valence electrons. The van der Waals surface area contributed by atoms with Crippen LogP contribution in [0.2, 0.25) is 0 Å². The number of carbonyl (C=O) groups is 2. The molecular formula is C16H21NO3. The highest BCUT2D eigenvalue weighted by Crippen LogP contribution is 2.33. The fraction of sp³-hybridized carbons (Fsp3) is 0.500. The molecule has 0 heterocycles. The maximum Gasteiger partial charge on any atom is 0.323 e. The minimum absolute atomic E-state index is 0.0322. The zero-order chi connectivity index (χ0) is 14.4. The normalized spacial score (nSPS) is 14.0. The SMILES string of the molecule is O=C(O)CN(CCc1ccccc1)C(=O)CCC1CC1. The van der Waals surface area contributed by atoms with Crippen LogP contribution in [-0.4, -0.2) is 35.0 Å². The molecule has 1 aliphatic rings. The largest absolute Gasteiger partial charge is 0.480 e. The zero-order valence-electron chi connectivity index (χ0n) is 11.6. The number of hydrogen-bond acceptors (Lipinski definition) is 2. The summed E-state index contributed by atoms with van der Waals surface area (Å²) in [6.45, 7) is 0.274. The molecular weight excluding hydrogens is 254 g/mol. The first-order chi connectivity index (χ1) is 9.65. The van der Waals surface area contributed by atoms with E-state index in [9.17, 15) is 9.59 Å². The Kier molecular flexibility index (Phi) is 5.16. The van der Waals surface area contributed by atoms with Crippen LogP contribution >= 0.6 is 0 Å². The zero-order valence-corrected chi connectivity index (χ0v) is 11.6. The minimum Gasteiger partial charge on any atom is -0.480 e. The van der Waals surface area contributed by atoms with Gasteiger partial charge in [0, 0.05) is 13.0 Å². The Labute approximate surface area is 119 Å². The monoisotopic (exact) mass is 275 g/mol. The number of carboxylic acids is 1. The third kappa shape index (κ3) is 5.03. The van der Waals surface area contributed by atoms with Crippen molar-refractivity contribution in [2.24, 2.45) is 5.92 Å². The van der Waals surface area contributed by atoms with Crippen molar-refractivity contribution in [2.45, 2.75) is 32.1 Å². The Hall–Kier alpha value is -1.84. The third-order valence-corrected chi connectivity index (χ3v) is 3.66. The molecule has 0 atom stereocenters. The van der Waals surface area contributed by atoms with Gasteiger partial charge >= 0.3 is 5.97 Å². The van der Waals surface area contributed by atoms with Crippen LogP contribution < -0.4 is 0 Å². The van der Waals surface area contributed by atoms with Gasteiger partial charge < -0.3 is 10.0 Å². The molecule has 1 aliphatic carbocycles. The summed E-state index contributed by atoms with van der Waals surface area (Å²) in [5.41, 5.74) is 1.12. The van der Waals surface area contributed by atoms with E-state index in [1.807, 2.05) is 30.3 Å². The molecule has 4 heteroatoms. The Bertz CT molecular complexity index is 454. The predicted molar refractivity (Wildman–Crippen MR) is 76.3 cm³/mol. The topological polar surface area (TPSA) is 57.6 Å². The van der Waals surface area contributed by atoms with Crippen LogP contribution in [-0.2, 0) is 16.0 Å². The second-order valence-electron chi connectivity index (χ2n) is 5.43. The third-order valence-electron chi connectivity index (χ3n) is 3.66. The van der Waals surface area contributed by atoms with Crippen molar-refractivity contribution in [1.82, 2.24) is 4.90 Å². The van der Waals surface area contributed by atoms with Gasteiger partial charge in [-0.1, -0.05) is 43.2 Å². The summed E-state index contributed by atoms with van der Waals surface area (Å²) in [5, 5.41) is 8.93. The van der Waals surface area contributed by atoms with Gasteiger partial charge in [0.05, 0.1) is 0 Å².